The van der Waals surface area contributed by atoms with Gasteiger partial charge in [0.1, 0.15) is 5.82 Å². The van der Waals surface area contributed by atoms with Crippen LogP contribution in [0.4, 0.5) is 11.5 Å². The minimum Gasteiger partial charge on any atom is -0.378 e. The van der Waals surface area contributed by atoms with Gasteiger partial charge in [0.25, 0.3) is 5.91 Å². The van der Waals surface area contributed by atoms with E-state index in [1.54, 1.807) is 30.6 Å². The minimum atomic E-state index is -0.254. The fourth-order valence-corrected chi connectivity index (χ4v) is 3.66. The highest BCUT2D eigenvalue weighted by molar-refractivity contribution is 6.11. The summed E-state index contributed by atoms with van der Waals surface area (Å²) in [5.41, 5.74) is 3.12. The zero-order chi connectivity index (χ0) is 21.0. The molecule has 1 N–H and O–H groups in total. The summed E-state index contributed by atoms with van der Waals surface area (Å²) in [4.78, 5) is 28.7. The summed E-state index contributed by atoms with van der Waals surface area (Å²) in [6.07, 6.45) is 3.40. The summed E-state index contributed by atoms with van der Waals surface area (Å²) in [7, 11) is 0. The van der Waals surface area contributed by atoms with Crippen molar-refractivity contribution in [2.75, 3.05) is 36.5 Å². The van der Waals surface area contributed by atoms with Gasteiger partial charge in [-0.05, 0) is 30.3 Å². The average Bonchev–Trinajstić information content (AvgIpc) is 2.84. The Labute approximate surface area is 179 Å². The predicted molar refractivity (Wildman–Crippen MR) is 120 cm³/mol. The van der Waals surface area contributed by atoms with Crippen molar-refractivity contribution >= 4 is 28.3 Å². The van der Waals surface area contributed by atoms with Gasteiger partial charge in [-0.25, -0.2) is 15.0 Å². The van der Waals surface area contributed by atoms with Gasteiger partial charge in [-0.2, -0.15) is 0 Å². The largest absolute Gasteiger partial charge is 0.378 e. The van der Waals surface area contributed by atoms with E-state index in [9.17, 15) is 4.79 Å². The number of benzene rings is 2. The molecule has 0 spiro atoms. The first kappa shape index (κ1) is 19.1. The molecule has 4 aromatic rings. The van der Waals surface area contributed by atoms with E-state index in [2.05, 4.69) is 32.3 Å². The standard InChI is InChI=1S/C24H21N5O2/c30-24(27-21-9-1-2-10-25-21)20-8-4-6-18-16-26-23(28-22(18)20)17-5-3-7-19(15-17)29-11-13-31-14-12-29/h1-10,15-16H,11-14H2,(H,25,27,30). The third-order valence-electron chi connectivity index (χ3n) is 5.24. The molecule has 3 heterocycles. The molecule has 7 nitrogen and oxygen atoms in total. The van der Waals surface area contributed by atoms with E-state index in [-0.39, 0.29) is 5.91 Å². The van der Waals surface area contributed by atoms with Crippen LogP contribution in [0.25, 0.3) is 22.3 Å². The van der Waals surface area contributed by atoms with Gasteiger partial charge in [0.05, 0.1) is 24.3 Å². The van der Waals surface area contributed by atoms with Crippen LogP contribution < -0.4 is 10.2 Å². The van der Waals surface area contributed by atoms with Crippen LogP contribution in [0.3, 0.4) is 0 Å². The summed E-state index contributed by atoms with van der Waals surface area (Å²) in [6, 6.07) is 19.0. The highest BCUT2D eigenvalue weighted by Gasteiger charge is 2.15. The molecule has 1 aliphatic rings. The number of amides is 1. The summed E-state index contributed by atoms with van der Waals surface area (Å²) in [5.74, 6) is 0.828. The molecular weight excluding hydrogens is 390 g/mol. The molecule has 0 atom stereocenters. The maximum atomic E-state index is 12.9. The summed E-state index contributed by atoms with van der Waals surface area (Å²) in [5, 5.41) is 3.64. The molecule has 2 aromatic heterocycles. The van der Waals surface area contributed by atoms with Crippen LogP contribution in [0.2, 0.25) is 0 Å². The Bertz CT molecular complexity index is 1220. The Morgan fingerprint density at radius 1 is 0.968 bits per heavy atom. The van der Waals surface area contributed by atoms with Gasteiger partial charge < -0.3 is 15.0 Å². The molecule has 2 aromatic carbocycles. The normalized spacial score (nSPS) is 13.9. The van der Waals surface area contributed by atoms with Crippen molar-refractivity contribution < 1.29 is 9.53 Å². The lowest BCUT2D eigenvalue weighted by Gasteiger charge is -2.29. The second-order valence-corrected chi connectivity index (χ2v) is 7.26. The number of anilines is 2. The number of nitrogens with zero attached hydrogens (tertiary/aromatic N) is 4. The van der Waals surface area contributed by atoms with Crippen molar-refractivity contribution in [1.29, 1.82) is 0 Å². The number of pyridine rings is 1. The van der Waals surface area contributed by atoms with Gasteiger partial charge in [0.2, 0.25) is 0 Å². The molecule has 1 aliphatic heterocycles. The van der Waals surface area contributed by atoms with E-state index in [0.29, 0.717) is 22.7 Å². The van der Waals surface area contributed by atoms with E-state index >= 15 is 0 Å². The molecule has 0 saturated carbocycles. The number of fused-ring (bicyclic) bond motifs is 1. The molecule has 0 unspecified atom stereocenters. The molecule has 7 heteroatoms. The Balaban J connectivity index is 1.50. The first-order valence-corrected chi connectivity index (χ1v) is 10.2. The number of aromatic nitrogens is 3. The molecule has 1 fully saturated rings. The minimum absolute atomic E-state index is 0.254. The van der Waals surface area contributed by atoms with E-state index in [1.807, 2.05) is 30.3 Å². The molecule has 0 bridgehead atoms. The molecule has 1 amide bonds. The van der Waals surface area contributed by atoms with Gasteiger partial charge in [0, 0.05) is 42.1 Å². The monoisotopic (exact) mass is 411 g/mol. The number of hydrogen-bond donors (Lipinski definition) is 1. The van der Waals surface area contributed by atoms with Crippen molar-refractivity contribution in [2.24, 2.45) is 0 Å². The number of carbonyl (C=O) groups is 1. The number of morpholine rings is 1. The van der Waals surface area contributed by atoms with Crippen LogP contribution in [0.15, 0.2) is 73.1 Å². The van der Waals surface area contributed by atoms with Gasteiger partial charge in [0.15, 0.2) is 5.82 Å². The Morgan fingerprint density at radius 3 is 2.68 bits per heavy atom. The third kappa shape index (κ3) is 4.08. The van der Waals surface area contributed by atoms with Crippen molar-refractivity contribution in [1.82, 2.24) is 15.0 Å². The fourth-order valence-electron chi connectivity index (χ4n) is 3.66. The van der Waals surface area contributed by atoms with Gasteiger partial charge in [-0.15, -0.1) is 0 Å². The molecule has 0 radical (unpaired) electrons. The summed E-state index contributed by atoms with van der Waals surface area (Å²) >= 11 is 0. The van der Waals surface area contributed by atoms with Crippen LogP contribution in [-0.4, -0.2) is 47.2 Å². The van der Waals surface area contributed by atoms with Crippen molar-refractivity contribution in [3.8, 4) is 11.4 Å². The molecule has 31 heavy (non-hydrogen) atoms. The second-order valence-electron chi connectivity index (χ2n) is 7.26. The number of carbonyl (C=O) groups excluding carboxylic acids is 1. The topological polar surface area (TPSA) is 80.2 Å². The summed E-state index contributed by atoms with van der Waals surface area (Å²) < 4.78 is 5.45. The maximum Gasteiger partial charge on any atom is 0.259 e. The van der Waals surface area contributed by atoms with Crippen molar-refractivity contribution in [2.45, 2.75) is 0 Å². The average molecular weight is 411 g/mol. The van der Waals surface area contributed by atoms with Crippen molar-refractivity contribution in [3.63, 3.8) is 0 Å². The van der Waals surface area contributed by atoms with Gasteiger partial charge in [-0.1, -0.05) is 30.3 Å². The van der Waals surface area contributed by atoms with Crippen molar-refractivity contribution in [3.05, 3.63) is 78.6 Å². The lowest BCUT2D eigenvalue weighted by Crippen LogP contribution is -2.36. The number of ether oxygens (including phenoxy) is 1. The second kappa shape index (κ2) is 8.49. The molecule has 0 aliphatic carbocycles. The van der Waals surface area contributed by atoms with Crippen LogP contribution in [-0.2, 0) is 4.74 Å². The smallest absolute Gasteiger partial charge is 0.259 e. The number of nitrogens with one attached hydrogen (secondary N) is 1. The SMILES string of the molecule is O=C(Nc1ccccn1)c1cccc2cnc(-c3cccc(N4CCOCC4)c3)nc12. The number of para-hydroxylation sites is 1. The number of rotatable bonds is 4. The zero-order valence-electron chi connectivity index (χ0n) is 16.9. The fraction of sp³-hybridized carbons (Fsp3) is 0.167. The first-order valence-electron chi connectivity index (χ1n) is 10.2. The Hall–Kier alpha value is -3.84. The lowest BCUT2D eigenvalue weighted by atomic mass is 10.1. The van der Waals surface area contributed by atoms with E-state index in [4.69, 9.17) is 9.72 Å². The highest BCUT2D eigenvalue weighted by atomic mass is 16.5. The first-order chi connectivity index (χ1) is 15.3. The molecular formula is C24H21N5O2. The summed E-state index contributed by atoms with van der Waals surface area (Å²) in [6.45, 7) is 3.18. The van der Waals surface area contributed by atoms with Gasteiger partial charge in [-0.3, -0.25) is 4.79 Å². The molecule has 154 valence electrons. The predicted octanol–water partition coefficient (Wildman–Crippen LogP) is 3.78. The maximum absolute atomic E-state index is 12.9. The zero-order valence-corrected chi connectivity index (χ0v) is 16.9. The molecule has 1 saturated heterocycles. The lowest BCUT2D eigenvalue weighted by molar-refractivity contribution is 0.102. The number of hydrogen-bond acceptors (Lipinski definition) is 6. The van der Waals surface area contributed by atoms with Crippen LogP contribution in [0, 0.1) is 0 Å². The van der Waals surface area contributed by atoms with Gasteiger partial charge >= 0.3 is 0 Å². The highest BCUT2D eigenvalue weighted by Crippen LogP contribution is 2.25. The van der Waals surface area contributed by atoms with Crippen LogP contribution >= 0.6 is 0 Å². The Kier molecular flexibility index (Phi) is 5.24. The quantitative estimate of drug-likeness (QED) is 0.551. The van der Waals surface area contributed by atoms with Crippen LogP contribution in [0.5, 0.6) is 0 Å². The van der Waals surface area contributed by atoms with E-state index in [1.165, 1.54) is 0 Å². The van der Waals surface area contributed by atoms with E-state index in [0.717, 1.165) is 42.9 Å². The van der Waals surface area contributed by atoms with E-state index < -0.39 is 0 Å². The van der Waals surface area contributed by atoms with Crippen LogP contribution in [0.1, 0.15) is 10.4 Å². The molecule has 5 rings (SSSR count). The Morgan fingerprint density at radius 2 is 1.84 bits per heavy atom. The third-order valence-corrected chi connectivity index (χ3v) is 5.24.